The highest BCUT2D eigenvalue weighted by Gasteiger charge is 2.32. The van der Waals surface area contributed by atoms with Crippen molar-refractivity contribution >= 4 is 40.2 Å². The van der Waals surface area contributed by atoms with E-state index in [1.54, 1.807) is 10.6 Å². The van der Waals surface area contributed by atoms with Crippen molar-refractivity contribution in [1.82, 2.24) is 9.55 Å². The lowest BCUT2D eigenvalue weighted by Gasteiger charge is -2.24. The number of aromatic nitrogens is 2. The highest BCUT2D eigenvalue weighted by Crippen LogP contribution is 2.31. The number of carbonyl (C=O) groups excluding carboxylic acids is 2. The number of nitro benzene ring substituents is 1. The van der Waals surface area contributed by atoms with Crippen LogP contribution < -0.4 is 10.6 Å². The molecule has 1 atom stereocenters. The number of imidazole rings is 1. The molecule has 0 aliphatic carbocycles. The number of nitrogens with zero attached hydrogens (tertiary/aromatic N) is 3. The molecule has 0 spiro atoms. The van der Waals surface area contributed by atoms with Crippen molar-refractivity contribution in [2.24, 2.45) is 0 Å². The summed E-state index contributed by atoms with van der Waals surface area (Å²) >= 11 is 0. The first-order chi connectivity index (χ1) is 12.5. The molecule has 0 saturated heterocycles. The predicted molar refractivity (Wildman–Crippen MR) is 93.7 cm³/mol. The highest BCUT2D eigenvalue weighted by molar-refractivity contribution is 6.03. The lowest BCUT2D eigenvalue weighted by molar-refractivity contribution is -0.384. The number of fused-ring (bicyclic) bond motifs is 3. The first kappa shape index (κ1) is 15.8. The smallest absolute Gasteiger partial charge is 0.269 e. The summed E-state index contributed by atoms with van der Waals surface area (Å²) in [5, 5.41) is 16.1. The van der Waals surface area contributed by atoms with E-state index in [0.717, 1.165) is 5.52 Å². The zero-order valence-corrected chi connectivity index (χ0v) is 13.4. The molecule has 1 aromatic heterocycles. The van der Waals surface area contributed by atoms with Gasteiger partial charge in [-0.2, -0.15) is 0 Å². The van der Waals surface area contributed by atoms with E-state index < -0.39 is 16.9 Å². The van der Waals surface area contributed by atoms with E-state index in [2.05, 4.69) is 15.6 Å². The maximum Gasteiger partial charge on any atom is 0.269 e. The summed E-state index contributed by atoms with van der Waals surface area (Å²) in [6.45, 7) is 0. The van der Waals surface area contributed by atoms with Crippen LogP contribution in [0.2, 0.25) is 0 Å². The van der Waals surface area contributed by atoms with E-state index in [1.807, 2.05) is 18.2 Å². The Hall–Kier alpha value is -3.75. The van der Waals surface area contributed by atoms with Crippen molar-refractivity contribution in [2.45, 2.75) is 12.5 Å². The number of non-ortho nitro benzene ring substituents is 1. The summed E-state index contributed by atoms with van der Waals surface area (Å²) in [7, 11) is 0. The molecule has 0 bridgehead atoms. The molecule has 2 heterocycles. The van der Waals surface area contributed by atoms with Gasteiger partial charge in [0.25, 0.3) is 5.69 Å². The van der Waals surface area contributed by atoms with Gasteiger partial charge < -0.3 is 5.32 Å². The molecule has 9 heteroatoms. The maximum atomic E-state index is 12.8. The minimum absolute atomic E-state index is 0.0217. The second-order valence-electron chi connectivity index (χ2n) is 5.86. The molecule has 2 amide bonds. The fraction of sp³-hybridized carbons (Fsp3) is 0.118. The topological polar surface area (TPSA) is 119 Å². The van der Waals surface area contributed by atoms with Crippen LogP contribution in [-0.4, -0.2) is 26.3 Å². The molecule has 130 valence electrons. The normalized spacial score (nSPS) is 16.0. The van der Waals surface area contributed by atoms with Crippen LogP contribution in [0.1, 0.15) is 12.5 Å². The van der Waals surface area contributed by atoms with Crippen LogP contribution in [0.5, 0.6) is 0 Å². The molecule has 0 saturated carbocycles. The van der Waals surface area contributed by atoms with Gasteiger partial charge in [-0.3, -0.25) is 29.6 Å². The average Bonchev–Trinajstić information content (AvgIpc) is 2.99. The van der Waals surface area contributed by atoms with Crippen LogP contribution in [0, 0.1) is 10.1 Å². The molecule has 2 N–H and O–H groups in total. The molecule has 4 rings (SSSR count). The number of rotatable bonds is 3. The third kappa shape index (κ3) is 2.65. The van der Waals surface area contributed by atoms with Gasteiger partial charge in [-0.15, -0.1) is 0 Å². The van der Waals surface area contributed by atoms with Gasteiger partial charge in [0, 0.05) is 17.8 Å². The molecule has 26 heavy (non-hydrogen) atoms. The Labute approximate surface area is 146 Å². The Morgan fingerprint density at radius 1 is 1.23 bits per heavy atom. The van der Waals surface area contributed by atoms with Crippen molar-refractivity contribution in [3.05, 3.63) is 58.6 Å². The molecule has 0 radical (unpaired) electrons. The first-order valence-corrected chi connectivity index (χ1v) is 7.85. The summed E-state index contributed by atoms with van der Waals surface area (Å²) in [6, 6.07) is 12.0. The van der Waals surface area contributed by atoms with Crippen molar-refractivity contribution in [2.75, 3.05) is 10.6 Å². The van der Waals surface area contributed by atoms with Gasteiger partial charge in [0.2, 0.25) is 17.8 Å². The van der Waals surface area contributed by atoms with E-state index >= 15 is 0 Å². The largest absolute Gasteiger partial charge is 0.324 e. The number of para-hydroxylation sites is 2. The molecule has 1 aliphatic rings. The van der Waals surface area contributed by atoms with Gasteiger partial charge >= 0.3 is 0 Å². The predicted octanol–water partition coefficient (Wildman–Crippen LogP) is 2.47. The zero-order chi connectivity index (χ0) is 18.3. The van der Waals surface area contributed by atoms with Gasteiger partial charge in [-0.25, -0.2) is 4.98 Å². The molecular weight excluding hydrogens is 338 g/mol. The Balaban J connectivity index is 1.66. The standard InChI is InChI=1S/C17H13N5O4/c23-15-9-14(16(24)18-10-5-7-11(8-6-10)22(25)26)21-13-4-2-1-3-12(13)19-17(21)20-15/h1-8,14H,9H2,(H,18,24)(H,19,20,23)/t14-/m1/s1. The van der Waals surface area contributed by atoms with Gasteiger partial charge in [0.05, 0.1) is 22.4 Å². The number of benzene rings is 2. The van der Waals surface area contributed by atoms with Gasteiger partial charge in [0.15, 0.2) is 0 Å². The third-order valence-electron chi connectivity index (χ3n) is 4.19. The Morgan fingerprint density at radius 3 is 2.69 bits per heavy atom. The molecule has 1 aliphatic heterocycles. The number of nitrogens with one attached hydrogen (secondary N) is 2. The number of hydrogen-bond donors (Lipinski definition) is 2. The van der Waals surface area contributed by atoms with Crippen molar-refractivity contribution in [1.29, 1.82) is 0 Å². The summed E-state index contributed by atoms with van der Waals surface area (Å²) in [5.41, 5.74) is 1.77. The monoisotopic (exact) mass is 351 g/mol. The fourth-order valence-corrected chi connectivity index (χ4v) is 2.99. The number of anilines is 2. The lowest BCUT2D eigenvalue weighted by Crippen LogP contribution is -2.35. The van der Waals surface area contributed by atoms with Crippen molar-refractivity contribution < 1.29 is 14.5 Å². The quantitative estimate of drug-likeness (QED) is 0.555. The molecule has 0 fully saturated rings. The van der Waals surface area contributed by atoms with Crippen molar-refractivity contribution in [3.63, 3.8) is 0 Å². The maximum absolute atomic E-state index is 12.8. The number of amides is 2. The van der Waals surface area contributed by atoms with Crippen LogP contribution in [0.4, 0.5) is 17.3 Å². The van der Waals surface area contributed by atoms with E-state index in [-0.39, 0.29) is 18.0 Å². The number of hydrogen-bond acceptors (Lipinski definition) is 5. The summed E-state index contributed by atoms with van der Waals surface area (Å²) < 4.78 is 1.69. The fourth-order valence-electron chi connectivity index (χ4n) is 2.99. The zero-order valence-electron chi connectivity index (χ0n) is 13.4. The molecule has 9 nitrogen and oxygen atoms in total. The summed E-state index contributed by atoms with van der Waals surface area (Å²) in [5.74, 6) is -0.360. The van der Waals surface area contributed by atoms with E-state index in [1.165, 1.54) is 24.3 Å². The van der Waals surface area contributed by atoms with Crippen LogP contribution in [0.25, 0.3) is 11.0 Å². The highest BCUT2D eigenvalue weighted by atomic mass is 16.6. The number of carbonyl (C=O) groups is 2. The first-order valence-electron chi connectivity index (χ1n) is 7.85. The Bertz CT molecular complexity index is 1040. The van der Waals surface area contributed by atoms with E-state index in [4.69, 9.17) is 0 Å². The van der Waals surface area contributed by atoms with Gasteiger partial charge in [0.1, 0.15) is 6.04 Å². The third-order valence-corrected chi connectivity index (χ3v) is 4.19. The SMILES string of the molecule is O=C1C[C@H](C(=O)Nc2ccc([N+](=O)[O-])cc2)n2c(nc3ccccc32)N1. The molecular formula is C17H13N5O4. The molecule has 0 unspecified atom stereocenters. The Kier molecular flexibility index (Phi) is 3.61. The van der Waals surface area contributed by atoms with Gasteiger partial charge in [-0.05, 0) is 24.3 Å². The second-order valence-corrected chi connectivity index (χ2v) is 5.86. The second kappa shape index (κ2) is 5.96. The summed E-state index contributed by atoms with van der Waals surface area (Å²) in [4.78, 5) is 39.3. The Morgan fingerprint density at radius 2 is 1.96 bits per heavy atom. The summed E-state index contributed by atoms with van der Waals surface area (Å²) in [6.07, 6.45) is -0.0217. The van der Waals surface area contributed by atoms with Crippen LogP contribution in [0.3, 0.4) is 0 Å². The lowest BCUT2D eigenvalue weighted by atomic mass is 10.1. The minimum Gasteiger partial charge on any atom is -0.324 e. The van der Waals surface area contributed by atoms with E-state index in [0.29, 0.717) is 17.2 Å². The molecule has 2 aromatic carbocycles. The van der Waals surface area contributed by atoms with Crippen molar-refractivity contribution in [3.8, 4) is 0 Å². The number of nitro groups is 1. The van der Waals surface area contributed by atoms with E-state index in [9.17, 15) is 19.7 Å². The minimum atomic E-state index is -0.763. The average molecular weight is 351 g/mol. The van der Waals surface area contributed by atoms with Crippen LogP contribution >= 0.6 is 0 Å². The van der Waals surface area contributed by atoms with Gasteiger partial charge in [-0.1, -0.05) is 12.1 Å². The van der Waals surface area contributed by atoms with Crippen LogP contribution in [0.15, 0.2) is 48.5 Å². The molecule has 3 aromatic rings. The van der Waals surface area contributed by atoms with Crippen LogP contribution in [-0.2, 0) is 9.59 Å².